The fourth-order valence-electron chi connectivity index (χ4n) is 4.01. The van der Waals surface area contributed by atoms with E-state index in [4.69, 9.17) is 0 Å². The van der Waals surface area contributed by atoms with Crippen LogP contribution in [0.3, 0.4) is 0 Å². The quantitative estimate of drug-likeness (QED) is 0.635. The Morgan fingerprint density at radius 1 is 1.19 bits per heavy atom. The molecule has 0 amide bonds. The second-order valence-electron chi connectivity index (χ2n) is 7.16. The van der Waals surface area contributed by atoms with E-state index >= 15 is 0 Å². The monoisotopic (exact) mass is 345 g/mol. The molecule has 0 saturated heterocycles. The molecule has 0 radical (unpaired) electrons. The highest BCUT2D eigenvalue weighted by atomic mass is 79.9. The SMILES string of the molecule is CC1CCC(C(C)(C)c2cccc3cnccc23)C(Br)C1. The van der Waals surface area contributed by atoms with Crippen molar-refractivity contribution in [3.63, 3.8) is 0 Å². The third-order valence-electron chi connectivity index (χ3n) is 5.34. The summed E-state index contributed by atoms with van der Waals surface area (Å²) in [4.78, 5) is 4.88. The number of hydrogen-bond acceptors (Lipinski definition) is 1. The molecule has 3 rings (SSSR count). The molecule has 0 bridgehead atoms. The average Bonchev–Trinajstić information content (AvgIpc) is 2.46. The van der Waals surface area contributed by atoms with E-state index < -0.39 is 0 Å². The molecule has 1 saturated carbocycles. The lowest BCUT2D eigenvalue weighted by molar-refractivity contribution is 0.215. The van der Waals surface area contributed by atoms with Crippen molar-refractivity contribution in [1.29, 1.82) is 0 Å². The molecule has 1 aromatic heterocycles. The zero-order valence-corrected chi connectivity index (χ0v) is 14.7. The summed E-state index contributed by atoms with van der Waals surface area (Å²) in [5.74, 6) is 1.53. The predicted octanol–water partition coefficient (Wildman–Crippen LogP) is 5.71. The van der Waals surface area contributed by atoms with Crippen LogP contribution in [-0.2, 0) is 5.41 Å². The molecular weight excluding hydrogens is 322 g/mol. The van der Waals surface area contributed by atoms with Crippen molar-refractivity contribution in [3.05, 3.63) is 42.2 Å². The van der Waals surface area contributed by atoms with Gasteiger partial charge >= 0.3 is 0 Å². The molecule has 1 fully saturated rings. The van der Waals surface area contributed by atoms with Crippen LogP contribution in [0.25, 0.3) is 10.8 Å². The molecule has 0 aliphatic heterocycles. The predicted molar refractivity (Wildman–Crippen MR) is 94.0 cm³/mol. The van der Waals surface area contributed by atoms with E-state index in [-0.39, 0.29) is 5.41 Å². The van der Waals surface area contributed by atoms with Gasteiger partial charge in [0.25, 0.3) is 0 Å². The van der Waals surface area contributed by atoms with Crippen LogP contribution >= 0.6 is 15.9 Å². The Labute approximate surface area is 136 Å². The largest absolute Gasteiger partial charge is 0.264 e. The number of alkyl halides is 1. The van der Waals surface area contributed by atoms with E-state index in [0.717, 1.165) is 5.92 Å². The Hall–Kier alpha value is -0.890. The number of rotatable bonds is 2. The van der Waals surface area contributed by atoms with Crippen LogP contribution in [0.2, 0.25) is 0 Å². The van der Waals surface area contributed by atoms with Crippen LogP contribution in [0.15, 0.2) is 36.7 Å². The maximum Gasteiger partial charge on any atom is 0.0346 e. The summed E-state index contributed by atoms with van der Waals surface area (Å²) in [5.41, 5.74) is 1.64. The van der Waals surface area contributed by atoms with Crippen molar-refractivity contribution in [2.75, 3.05) is 0 Å². The minimum Gasteiger partial charge on any atom is -0.264 e. The second kappa shape index (κ2) is 5.72. The number of halogens is 1. The highest BCUT2D eigenvalue weighted by molar-refractivity contribution is 9.09. The third-order valence-corrected chi connectivity index (χ3v) is 6.35. The van der Waals surface area contributed by atoms with Gasteiger partial charge in [0.2, 0.25) is 0 Å². The Morgan fingerprint density at radius 3 is 2.76 bits per heavy atom. The summed E-state index contributed by atoms with van der Waals surface area (Å²) in [6.07, 6.45) is 7.84. The van der Waals surface area contributed by atoms with E-state index in [9.17, 15) is 0 Å². The molecule has 1 heterocycles. The van der Waals surface area contributed by atoms with Crippen molar-refractivity contribution in [2.24, 2.45) is 11.8 Å². The lowest BCUT2D eigenvalue weighted by atomic mass is 9.65. The smallest absolute Gasteiger partial charge is 0.0346 e. The van der Waals surface area contributed by atoms with Gasteiger partial charge in [-0.25, -0.2) is 0 Å². The van der Waals surface area contributed by atoms with Gasteiger partial charge in [-0.3, -0.25) is 4.98 Å². The first kappa shape index (κ1) is 15.0. The molecule has 3 atom stereocenters. The van der Waals surface area contributed by atoms with Gasteiger partial charge in [-0.05, 0) is 47.1 Å². The molecule has 3 unspecified atom stereocenters. The van der Waals surface area contributed by atoms with Gasteiger partial charge in [0, 0.05) is 22.6 Å². The third kappa shape index (κ3) is 2.75. The van der Waals surface area contributed by atoms with Crippen molar-refractivity contribution < 1.29 is 0 Å². The summed E-state index contributed by atoms with van der Waals surface area (Å²) in [6.45, 7) is 7.20. The maximum atomic E-state index is 4.26. The van der Waals surface area contributed by atoms with Crippen LogP contribution in [-0.4, -0.2) is 9.81 Å². The topological polar surface area (TPSA) is 12.9 Å². The molecule has 0 spiro atoms. The van der Waals surface area contributed by atoms with Crippen LogP contribution in [0.5, 0.6) is 0 Å². The first-order chi connectivity index (χ1) is 10.00. The highest BCUT2D eigenvalue weighted by Gasteiger charge is 2.39. The fourth-order valence-corrected chi connectivity index (χ4v) is 5.57. The molecule has 2 aromatic rings. The average molecular weight is 346 g/mol. The normalized spacial score (nSPS) is 27.0. The molecule has 1 aromatic carbocycles. The lowest BCUT2D eigenvalue weighted by Gasteiger charge is -2.43. The van der Waals surface area contributed by atoms with Crippen LogP contribution in [0, 0.1) is 11.8 Å². The Morgan fingerprint density at radius 2 is 2.00 bits per heavy atom. The second-order valence-corrected chi connectivity index (χ2v) is 8.34. The number of nitrogens with zero attached hydrogens (tertiary/aromatic N) is 1. The van der Waals surface area contributed by atoms with Gasteiger partial charge in [-0.1, -0.05) is 61.3 Å². The Balaban J connectivity index is 2.04. The van der Waals surface area contributed by atoms with Crippen molar-refractivity contribution in [3.8, 4) is 0 Å². The number of benzene rings is 1. The van der Waals surface area contributed by atoms with Gasteiger partial charge in [0.15, 0.2) is 0 Å². The van der Waals surface area contributed by atoms with Crippen molar-refractivity contribution in [2.45, 2.75) is 50.3 Å². The number of pyridine rings is 1. The van der Waals surface area contributed by atoms with Crippen molar-refractivity contribution >= 4 is 26.7 Å². The highest BCUT2D eigenvalue weighted by Crippen LogP contribution is 2.46. The molecule has 1 aliphatic carbocycles. The van der Waals surface area contributed by atoms with E-state index in [2.05, 4.69) is 66.0 Å². The van der Waals surface area contributed by atoms with Crippen LogP contribution in [0.4, 0.5) is 0 Å². The van der Waals surface area contributed by atoms with Gasteiger partial charge in [0.1, 0.15) is 0 Å². The van der Waals surface area contributed by atoms with Gasteiger partial charge < -0.3 is 0 Å². The summed E-state index contributed by atoms with van der Waals surface area (Å²) in [7, 11) is 0. The summed E-state index contributed by atoms with van der Waals surface area (Å²) in [5, 5.41) is 2.61. The van der Waals surface area contributed by atoms with Crippen molar-refractivity contribution in [1.82, 2.24) is 4.98 Å². The zero-order chi connectivity index (χ0) is 15.0. The van der Waals surface area contributed by atoms with Gasteiger partial charge in [-0.15, -0.1) is 0 Å². The molecule has 112 valence electrons. The Kier molecular flexibility index (Phi) is 4.09. The molecule has 1 aliphatic rings. The minimum atomic E-state index is 0.176. The first-order valence-corrected chi connectivity index (χ1v) is 8.89. The van der Waals surface area contributed by atoms with E-state index in [1.807, 2.05) is 12.4 Å². The van der Waals surface area contributed by atoms with Gasteiger partial charge in [0.05, 0.1) is 0 Å². The van der Waals surface area contributed by atoms with E-state index in [1.54, 1.807) is 0 Å². The maximum absolute atomic E-state index is 4.26. The van der Waals surface area contributed by atoms with E-state index in [0.29, 0.717) is 10.7 Å². The van der Waals surface area contributed by atoms with Crippen LogP contribution in [0.1, 0.15) is 45.6 Å². The lowest BCUT2D eigenvalue weighted by Crippen LogP contribution is -2.38. The molecule has 2 heteroatoms. The van der Waals surface area contributed by atoms with Gasteiger partial charge in [-0.2, -0.15) is 0 Å². The summed E-state index contributed by atoms with van der Waals surface area (Å²) >= 11 is 3.98. The number of hydrogen-bond donors (Lipinski definition) is 0. The Bertz CT molecular complexity index is 629. The summed E-state index contributed by atoms with van der Waals surface area (Å²) < 4.78 is 0. The first-order valence-electron chi connectivity index (χ1n) is 7.97. The summed E-state index contributed by atoms with van der Waals surface area (Å²) in [6, 6.07) is 8.81. The fraction of sp³-hybridized carbons (Fsp3) is 0.526. The molecule has 0 N–H and O–H groups in total. The molecule has 1 nitrogen and oxygen atoms in total. The van der Waals surface area contributed by atoms with E-state index in [1.165, 1.54) is 35.6 Å². The molecule has 21 heavy (non-hydrogen) atoms. The number of aromatic nitrogens is 1. The zero-order valence-electron chi connectivity index (χ0n) is 13.1. The number of fused-ring (bicyclic) bond motifs is 1. The standard InChI is InChI=1S/C19H24BrN/c1-13-7-8-17(18(20)11-13)19(2,3)16-6-4-5-14-12-21-10-9-15(14)16/h4-6,9-10,12-13,17-18H,7-8,11H2,1-3H3. The van der Waals surface area contributed by atoms with Crippen LogP contribution < -0.4 is 0 Å². The molecular formula is C19H24BrN. The minimum absolute atomic E-state index is 0.176.